The monoisotopic (exact) mass is 319 g/mol. The van der Waals surface area contributed by atoms with Crippen LogP contribution in [0.3, 0.4) is 0 Å². The number of rotatable bonds is 4. The van der Waals surface area contributed by atoms with Gasteiger partial charge in [0.15, 0.2) is 0 Å². The Bertz CT molecular complexity index is 778. The SMILES string of the molecule is c1ccc(CN2CCCC(Cc3ccc4[nH]ncc4c3)CC2)cc1. The largest absolute Gasteiger partial charge is 0.299 e. The van der Waals surface area contributed by atoms with Gasteiger partial charge in [-0.2, -0.15) is 5.10 Å². The van der Waals surface area contributed by atoms with Gasteiger partial charge in [-0.1, -0.05) is 36.4 Å². The fourth-order valence-electron chi connectivity index (χ4n) is 3.88. The molecule has 1 unspecified atom stereocenters. The summed E-state index contributed by atoms with van der Waals surface area (Å²) in [5.41, 5.74) is 4.01. The average molecular weight is 319 g/mol. The summed E-state index contributed by atoms with van der Waals surface area (Å²) in [6, 6.07) is 17.6. The first-order valence-corrected chi connectivity index (χ1v) is 9.05. The molecule has 2 heterocycles. The number of hydrogen-bond donors (Lipinski definition) is 1. The molecule has 0 bridgehead atoms. The van der Waals surface area contributed by atoms with E-state index in [-0.39, 0.29) is 0 Å². The third-order valence-corrected chi connectivity index (χ3v) is 5.22. The minimum atomic E-state index is 0.801. The maximum atomic E-state index is 4.12. The van der Waals surface area contributed by atoms with E-state index in [1.165, 1.54) is 55.3 Å². The van der Waals surface area contributed by atoms with Crippen molar-refractivity contribution in [1.82, 2.24) is 15.1 Å². The zero-order chi connectivity index (χ0) is 16.2. The molecule has 1 aliphatic heterocycles. The molecule has 0 aliphatic carbocycles. The molecule has 0 radical (unpaired) electrons. The van der Waals surface area contributed by atoms with Crippen LogP contribution < -0.4 is 0 Å². The van der Waals surface area contributed by atoms with E-state index in [1.807, 2.05) is 6.20 Å². The standard InChI is InChI=1S/C21H25N3/c1-2-5-18(6-3-1)16-24-11-4-7-17(10-12-24)13-19-8-9-21-20(14-19)15-22-23-21/h1-3,5-6,8-9,14-15,17H,4,7,10-13,16H2,(H,22,23). The van der Waals surface area contributed by atoms with Crippen molar-refractivity contribution in [2.24, 2.45) is 5.92 Å². The number of fused-ring (bicyclic) bond motifs is 1. The van der Waals surface area contributed by atoms with Gasteiger partial charge < -0.3 is 0 Å². The molecule has 1 aromatic heterocycles. The van der Waals surface area contributed by atoms with Crippen LogP contribution in [-0.4, -0.2) is 28.2 Å². The van der Waals surface area contributed by atoms with Crippen LogP contribution >= 0.6 is 0 Å². The van der Waals surface area contributed by atoms with Crippen molar-refractivity contribution >= 4 is 10.9 Å². The molecule has 0 saturated carbocycles. The minimum Gasteiger partial charge on any atom is -0.299 e. The van der Waals surface area contributed by atoms with E-state index >= 15 is 0 Å². The molecule has 1 fully saturated rings. The maximum Gasteiger partial charge on any atom is 0.0650 e. The van der Waals surface area contributed by atoms with E-state index in [2.05, 4.69) is 63.6 Å². The number of aromatic amines is 1. The molecule has 1 N–H and O–H groups in total. The fourth-order valence-corrected chi connectivity index (χ4v) is 3.88. The number of hydrogen-bond acceptors (Lipinski definition) is 2. The third-order valence-electron chi connectivity index (χ3n) is 5.22. The highest BCUT2D eigenvalue weighted by molar-refractivity contribution is 5.78. The average Bonchev–Trinajstić information content (AvgIpc) is 2.97. The number of likely N-dealkylation sites (tertiary alicyclic amines) is 1. The summed E-state index contributed by atoms with van der Waals surface area (Å²) >= 11 is 0. The van der Waals surface area contributed by atoms with E-state index in [0.717, 1.165) is 18.0 Å². The highest BCUT2D eigenvalue weighted by atomic mass is 15.1. The summed E-state index contributed by atoms with van der Waals surface area (Å²) in [5, 5.41) is 8.38. The summed E-state index contributed by atoms with van der Waals surface area (Å²) < 4.78 is 0. The topological polar surface area (TPSA) is 31.9 Å². The van der Waals surface area contributed by atoms with Crippen LogP contribution in [0.5, 0.6) is 0 Å². The van der Waals surface area contributed by atoms with Crippen molar-refractivity contribution in [3.8, 4) is 0 Å². The van der Waals surface area contributed by atoms with Gasteiger partial charge in [0.2, 0.25) is 0 Å². The first-order chi connectivity index (χ1) is 11.9. The quantitative estimate of drug-likeness (QED) is 0.772. The van der Waals surface area contributed by atoms with E-state index in [1.54, 1.807) is 0 Å². The van der Waals surface area contributed by atoms with Crippen LogP contribution in [0.4, 0.5) is 0 Å². The van der Waals surface area contributed by atoms with Crippen LogP contribution in [-0.2, 0) is 13.0 Å². The molecule has 2 aromatic carbocycles. The van der Waals surface area contributed by atoms with E-state index in [4.69, 9.17) is 0 Å². The van der Waals surface area contributed by atoms with Crippen molar-refractivity contribution in [2.45, 2.75) is 32.2 Å². The first kappa shape index (κ1) is 15.4. The Balaban J connectivity index is 1.36. The van der Waals surface area contributed by atoms with E-state index < -0.39 is 0 Å². The minimum absolute atomic E-state index is 0.801. The predicted molar refractivity (Wildman–Crippen MR) is 98.9 cm³/mol. The molecule has 1 aliphatic rings. The summed E-state index contributed by atoms with van der Waals surface area (Å²) in [5.74, 6) is 0.801. The van der Waals surface area contributed by atoms with Crippen molar-refractivity contribution in [2.75, 3.05) is 13.1 Å². The fraction of sp³-hybridized carbons (Fsp3) is 0.381. The summed E-state index contributed by atoms with van der Waals surface area (Å²) in [7, 11) is 0. The van der Waals surface area contributed by atoms with Gasteiger partial charge in [0.1, 0.15) is 0 Å². The van der Waals surface area contributed by atoms with Gasteiger partial charge in [0, 0.05) is 11.9 Å². The summed E-state index contributed by atoms with van der Waals surface area (Å²) in [4.78, 5) is 2.62. The van der Waals surface area contributed by atoms with Gasteiger partial charge in [-0.05, 0) is 68.0 Å². The van der Waals surface area contributed by atoms with Crippen LogP contribution in [0.15, 0.2) is 54.7 Å². The first-order valence-electron chi connectivity index (χ1n) is 9.05. The van der Waals surface area contributed by atoms with Gasteiger partial charge in [0.25, 0.3) is 0 Å². The van der Waals surface area contributed by atoms with Gasteiger partial charge in [-0.3, -0.25) is 10.00 Å². The van der Waals surface area contributed by atoms with Crippen molar-refractivity contribution in [3.63, 3.8) is 0 Å². The zero-order valence-electron chi connectivity index (χ0n) is 14.1. The van der Waals surface area contributed by atoms with E-state index in [0.29, 0.717) is 0 Å². The zero-order valence-corrected chi connectivity index (χ0v) is 14.1. The summed E-state index contributed by atoms with van der Waals surface area (Å²) in [6.45, 7) is 3.54. The Morgan fingerprint density at radius 3 is 2.83 bits per heavy atom. The lowest BCUT2D eigenvalue weighted by atomic mass is 9.92. The maximum absolute atomic E-state index is 4.12. The lowest BCUT2D eigenvalue weighted by Gasteiger charge is -2.20. The van der Waals surface area contributed by atoms with Crippen LogP contribution in [0, 0.1) is 5.92 Å². The third kappa shape index (κ3) is 3.68. The van der Waals surface area contributed by atoms with Gasteiger partial charge in [-0.25, -0.2) is 0 Å². The van der Waals surface area contributed by atoms with Crippen LogP contribution in [0.2, 0.25) is 0 Å². The number of nitrogens with zero attached hydrogens (tertiary/aromatic N) is 2. The molecule has 24 heavy (non-hydrogen) atoms. The van der Waals surface area contributed by atoms with Crippen molar-refractivity contribution < 1.29 is 0 Å². The Hall–Kier alpha value is -2.13. The Labute approximate surface area is 143 Å². The molecule has 1 saturated heterocycles. The molecule has 0 amide bonds. The molecular weight excluding hydrogens is 294 g/mol. The second-order valence-electron chi connectivity index (χ2n) is 7.05. The highest BCUT2D eigenvalue weighted by Gasteiger charge is 2.17. The Morgan fingerprint density at radius 1 is 1.00 bits per heavy atom. The second kappa shape index (κ2) is 7.18. The molecule has 0 spiro atoms. The van der Waals surface area contributed by atoms with Gasteiger partial charge in [0.05, 0.1) is 11.7 Å². The summed E-state index contributed by atoms with van der Waals surface area (Å²) in [6.07, 6.45) is 7.07. The van der Waals surface area contributed by atoms with E-state index in [9.17, 15) is 0 Å². The molecule has 124 valence electrons. The lowest BCUT2D eigenvalue weighted by Crippen LogP contribution is -2.24. The molecule has 3 heteroatoms. The second-order valence-corrected chi connectivity index (χ2v) is 7.05. The van der Waals surface area contributed by atoms with Crippen molar-refractivity contribution in [3.05, 3.63) is 65.9 Å². The lowest BCUT2D eigenvalue weighted by molar-refractivity contribution is 0.272. The number of nitrogens with one attached hydrogen (secondary N) is 1. The number of aromatic nitrogens is 2. The smallest absolute Gasteiger partial charge is 0.0650 e. The molecule has 3 nitrogen and oxygen atoms in total. The molecule has 4 rings (SSSR count). The van der Waals surface area contributed by atoms with Crippen molar-refractivity contribution in [1.29, 1.82) is 0 Å². The normalized spacial score (nSPS) is 19.4. The van der Waals surface area contributed by atoms with Gasteiger partial charge in [-0.15, -0.1) is 0 Å². The Kier molecular flexibility index (Phi) is 4.61. The number of benzene rings is 2. The highest BCUT2D eigenvalue weighted by Crippen LogP contribution is 2.24. The molecule has 3 aromatic rings. The van der Waals surface area contributed by atoms with Gasteiger partial charge >= 0.3 is 0 Å². The molecular formula is C21H25N3. The van der Waals surface area contributed by atoms with Crippen LogP contribution in [0.25, 0.3) is 10.9 Å². The predicted octanol–water partition coefficient (Wildman–Crippen LogP) is 4.41. The van der Waals surface area contributed by atoms with Crippen LogP contribution in [0.1, 0.15) is 30.4 Å². The Morgan fingerprint density at radius 2 is 1.92 bits per heavy atom. The number of H-pyrrole nitrogens is 1. The molecule has 1 atom stereocenters.